The molecule has 160 valence electrons. The molecule has 0 amide bonds. The number of ether oxygens (including phenoxy) is 1. The Morgan fingerprint density at radius 2 is 1.81 bits per heavy atom. The summed E-state index contributed by atoms with van der Waals surface area (Å²) in [4.78, 5) is 33.2. The highest BCUT2D eigenvalue weighted by Gasteiger charge is 2.38. The number of nitrogens with two attached hydrogens (primary N) is 1. The Hall–Kier alpha value is -3.55. The first-order valence-electron chi connectivity index (χ1n) is 10.3. The topological polar surface area (TPSA) is 124 Å². The van der Waals surface area contributed by atoms with E-state index in [2.05, 4.69) is 34.0 Å². The second kappa shape index (κ2) is 7.94. The van der Waals surface area contributed by atoms with Gasteiger partial charge in [-0.25, -0.2) is 9.97 Å². The van der Waals surface area contributed by atoms with Gasteiger partial charge in [0.05, 0.1) is 18.7 Å². The molecule has 2 aromatic heterocycles. The van der Waals surface area contributed by atoms with E-state index in [1.807, 2.05) is 24.3 Å². The molecular weight excluding hydrogens is 394 g/mol. The molecule has 0 spiro atoms. The van der Waals surface area contributed by atoms with Gasteiger partial charge < -0.3 is 10.5 Å². The van der Waals surface area contributed by atoms with Gasteiger partial charge >= 0.3 is 5.97 Å². The lowest BCUT2D eigenvalue weighted by molar-refractivity contribution is -0.142. The maximum absolute atomic E-state index is 13.2. The number of carbonyl (C=O) groups is 2. The summed E-state index contributed by atoms with van der Waals surface area (Å²) in [5, 5.41) is 7.36. The Labute approximate surface area is 180 Å². The van der Waals surface area contributed by atoms with E-state index in [0.717, 1.165) is 22.3 Å². The molecule has 0 bridgehead atoms. The fourth-order valence-corrected chi connectivity index (χ4v) is 4.12. The summed E-state index contributed by atoms with van der Waals surface area (Å²) in [6, 6.07) is 7.43. The number of nitrogen functional groups attached to an aromatic ring is 1. The average molecular weight is 419 g/mol. The zero-order valence-corrected chi connectivity index (χ0v) is 17.9. The number of esters is 1. The summed E-state index contributed by atoms with van der Waals surface area (Å²) in [7, 11) is 0. The van der Waals surface area contributed by atoms with E-state index in [0.29, 0.717) is 30.1 Å². The molecule has 0 saturated heterocycles. The Kier molecular flexibility index (Phi) is 5.31. The molecular formula is C23H25N5O3. The highest BCUT2D eigenvalue weighted by atomic mass is 16.5. The lowest BCUT2D eigenvalue weighted by atomic mass is 9.72. The summed E-state index contributed by atoms with van der Waals surface area (Å²) in [5.74, 6) is -0.129. The first kappa shape index (κ1) is 20.7. The van der Waals surface area contributed by atoms with Crippen molar-refractivity contribution in [3.05, 3.63) is 58.4 Å². The van der Waals surface area contributed by atoms with Crippen LogP contribution in [-0.4, -0.2) is 38.5 Å². The van der Waals surface area contributed by atoms with Crippen LogP contribution < -0.4 is 5.73 Å². The van der Waals surface area contributed by atoms with Crippen LogP contribution in [0.15, 0.2) is 30.5 Å². The number of hydrogen-bond donors (Lipinski definition) is 2. The Morgan fingerprint density at radius 3 is 2.48 bits per heavy atom. The minimum Gasteiger partial charge on any atom is -0.466 e. The molecule has 2 heterocycles. The first-order chi connectivity index (χ1) is 14.8. The number of anilines is 1. The highest BCUT2D eigenvalue weighted by molar-refractivity contribution is 5.99. The van der Waals surface area contributed by atoms with Crippen LogP contribution in [0.5, 0.6) is 0 Å². The lowest BCUT2D eigenvalue weighted by Gasteiger charge is -2.30. The summed E-state index contributed by atoms with van der Waals surface area (Å²) in [5.41, 5.74) is 10.9. The van der Waals surface area contributed by atoms with E-state index in [1.54, 1.807) is 13.1 Å². The molecule has 0 atom stereocenters. The van der Waals surface area contributed by atoms with E-state index in [-0.39, 0.29) is 36.0 Å². The average Bonchev–Trinajstić information content (AvgIpc) is 3.17. The van der Waals surface area contributed by atoms with Crippen molar-refractivity contribution in [3.8, 4) is 11.4 Å². The molecule has 0 radical (unpaired) electrons. The van der Waals surface area contributed by atoms with Crippen molar-refractivity contribution in [2.45, 2.75) is 45.4 Å². The number of benzene rings is 1. The van der Waals surface area contributed by atoms with Gasteiger partial charge in [0.15, 0.2) is 5.78 Å². The maximum atomic E-state index is 13.2. The standard InChI is InChI=1S/C23H25N5O3/c1-4-31-17(30)10-14-7-5-13(6-8-14)9-16(29)20-18-21(28-27-20)19-15(11-23(18,2)3)12-25-22(24)26-19/h5-8,12H,4,9-11H2,1-3H3,(H,27,28)(H2,24,25,26). The smallest absolute Gasteiger partial charge is 0.310 e. The van der Waals surface area contributed by atoms with Gasteiger partial charge in [-0.2, -0.15) is 5.10 Å². The number of fused-ring (bicyclic) bond motifs is 3. The Morgan fingerprint density at radius 1 is 1.13 bits per heavy atom. The van der Waals surface area contributed by atoms with Crippen molar-refractivity contribution in [1.82, 2.24) is 20.2 Å². The summed E-state index contributed by atoms with van der Waals surface area (Å²) >= 11 is 0. The molecule has 3 aromatic rings. The van der Waals surface area contributed by atoms with Crippen LogP contribution >= 0.6 is 0 Å². The van der Waals surface area contributed by atoms with Gasteiger partial charge in [-0.15, -0.1) is 0 Å². The van der Waals surface area contributed by atoms with Crippen LogP contribution in [0.1, 0.15) is 53.5 Å². The van der Waals surface area contributed by atoms with Gasteiger partial charge in [0.2, 0.25) is 5.95 Å². The van der Waals surface area contributed by atoms with Crippen LogP contribution in [0.25, 0.3) is 11.4 Å². The largest absolute Gasteiger partial charge is 0.466 e. The predicted molar refractivity (Wildman–Crippen MR) is 116 cm³/mol. The number of nitrogens with zero attached hydrogens (tertiary/aromatic N) is 3. The third-order valence-electron chi connectivity index (χ3n) is 5.50. The molecule has 4 rings (SSSR count). The quantitative estimate of drug-likeness (QED) is 0.465. The molecule has 0 fully saturated rings. The Bertz CT molecular complexity index is 1150. The SMILES string of the molecule is CCOC(=O)Cc1ccc(CC(=O)c2[nH]nc3c2C(C)(C)Cc2cnc(N)nc2-3)cc1. The number of nitrogens with one attached hydrogen (secondary N) is 1. The third-order valence-corrected chi connectivity index (χ3v) is 5.50. The molecule has 1 aliphatic rings. The van der Waals surface area contributed by atoms with Gasteiger partial charge in [0.1, 0.15) is 11.4 Å². The molecule has 8 heteroatoms. The molecule has 0 unspecified atom stereocenters. The van der Waals surface area contributed by atoms with E-state index in [9.17, 15) is 9.59 Å². The van der Waals surface area contributed by atoms with Crippen LogP contribution in [0, 0.1) is 0 Å². The second-order valence-corrected chi connectivity index (χ2v) is 8.38. The first-order valence-corrected chi connectivity index (χ1v) is 10.3. The second-order valence-electron chi connectivity index (χ2n) is 8.38. The minimum atomic E-state index is -0.302. The maximum Gasteiger partial charge on any atom is 0.310 e. The molecule has 0 saturated carbocycles. The van der Waals surface area contributed by atoms with Gasteiger partial charge in [-0.3, -0.25) is 14.7 Å². The molecule has 1 aliphatic carbocycles. The van der Waals surface area contributed by atoms with E-state index in [1.165, 1.54) is 0 Å². The van der Waals surface area contributed by atoms with Gasteiger partial charge in [-0.05, 0) is 35.4 Å². The van der Waals surface area contributed by atoms with E-state index in [4.69, 9.17) is 10.5 Å². The van der Waals surface area contributed by atoms with Gasteiger partial charge in [0, 0.05) is 18.2 Å². The number of aromatic nitrogens is 4. The van der Waals surface area contributed by atoms with Crippen LogP contribution in [0.3, 0.4) is 0 Å². The molecule has 1 aromatic carbocycles. The van der Waals surface area contributed by atoms with Crippen LogP contribution in [0.2, 0.25) is 0 Å². The fourth-order valence-electron chi connectivity index (χ4n) is 4.12. The normalized spacial score (nSPS) is 13.9. The highest BCUT2D eigenvalue weighted by Crippen LogP contribution is 2.42. The Balaban J connectivity index is 1.58. The molecule has 0 aliphatic heterocycles. The number of H-pyrrole nitrogens is 1. The van der Waals surface area contributed by atoms with Gasteiger partial charge in [0.25, 0.3) is 0 Å². The van der Waals surface area contributed by atoms with Crippen molar-refractivity contribution in [2.24, 2.45) is 0 Å². The monoisotopic (exact) mass is 419 g/mol. The fraction of sp³-hybridized carbons (Fsp3) is 0.348. The number of ketones is 1. The van der Waals surface area contributed by atoms with Crippen molar-refractivity contribution in [2.75, 3.05) is 12.3 Å². The third kappa shape index (κ3) is 4.05. The predicted octanol–water partition coefficient (Wildman–Crippen LogP) is 2.81. The van der Waals surface area contributed by atoms with E-state index >= 15 is 0 Å². The molecule has 31 heavy (non-hydrogen) atoms. The number of rotatable bonds is 6. The van der Waals surface area contributed by atoms with Gasteiger partial charge in [-0.1, -0.05) is 38.1 Å². The van der Waals surface area contributed by atoms with Crippen molar-refractivity contribution >= 4 is 17.7 Å². The summed E-state index contributed by atoms with van der Waals surface area (Å²) < 4.78 is 4.97. The summed E-state index contributed by atoms with van der Waals surface area (Å²) in [6.45, 7) is 6.31. The lowest BCUT2D eigenvalue weighted by Crippen LogP contribution is -2.28. The van der Waals surface area contributed by atoms with E-state index < -0.39 is 0 Å². The van der Waals surface area contributed by atoms with Crippen molar-refractivity contribution < 1.29 is 14.3 Å². The summed E-state index contributed by atoms with van der Waals surface area (Å²) in [6.07, 6.45) is 2.87. The minimum absolute atomic E-state index is 0.0505. The number of hydrogen-bond acceptors (Lipinski definition) is 7. The molecule has 3 N–H and O–H groups in total. The number of Topliss-reactive ketones (excluding diaryl/α,β-unsaturated/α-hetero) is 1. The number of carbonyl (C=O) groups excluding carboxylic acids is 2. The van der Waals surface area contributed by atoms with Crippen molar-refractivity contribution in [3.63, 3.8) is 0 Å². The zero-order valence-electron chi connectivity index (χ0n) is 17.9. The molecule has 8 nitrogen and oxygen atoms in total. The zero-order chi connectivity index (χ0) is 22.2. The van der Waals surface area contributed by atoms with Crippen molar-refractivity contribution in [1.29, 1.82) is 0 Å². The van der Waals surface area contributed by atoms with Crippen LogP contribution in [-0.2, 0) is 34.2 Å². The van der Waals surface area contributed by atoms with Crippen LogP contribution in [0.4, 0.5) is 5.95 Å². The number of aromatic amines is 1.